The van der Waals surface area contributed by atoms with E-state index >= 15 is 0 Å². The lowest BCUT2D eigenvalue weighted by Crippen LogP contribution is -2.33. The third kappa shape index (κ3) is 6.16. The fourth-order valence-electron chi connectivity index (χ4n) is 2.91. The molecule has 1 N–H and O–H groups in total. The molecule has 6 heteroatoms. The van der Waals surface area contributed by atoms with Gasteiger partial charge in [0, 0.05) is 6.04 Å². The number of thioether (sulfide) groups is 1. The number of hydrogen-bond acceptors (Lipinski definition) is 4. The van der Waals surface area contributed by atoms with Crippen molar-refractivity contribution in [2.24, 2.45) is 5.92 Å². The normalized spacial score (nSPS) is 12.4. The van der Waals surface area contributed by atoms with E-state index in [1.54, 1.807) is 6.33 Å². The molecule has 2 aromatic rings. The van der Waals surface area contributed by atoms with E-state index in [-0.39, 0.29) is 11.9 Å². The zero-order valence-corrected chi connectivity index (χ0v) is 17.3. The third-order valence-electron chi connectivity index (χ3n) is 4.29. The highest BCUT2D eigenvalue weighted by molar-refractivity contribution is 7.99. The van der Waals surface area contributed by atoms with Crippen molar-refractivity contribution < 1.29 is 4.79 Å². The third-order valence-corrected chi connectivity index (χ3v) is 5.23. The van der Waals surface area contributed by atoms with Gasteiger partial charge in [0.25, 0.3) is 0 Å². The first kappa shape index (κ1) is 20.5. The average molecular weight is 375 g/mol. The van der Waals surface area contributed by atoms with Crippen molar-refractivity contribution in [1.29, 1.82) is 0 Å². The first-order valence-electron chi connectivity index (χ1n) is 9.26. The summed E-state index contributed by atoms with van der Waals surface area (Å²) in [6, 6.07) is 6.48. The minimum atomic E-state index is 0.0437. The number of aryl methyl sites for hydroxylation is 2. The molecule has 1 atom stereocenters. The highest BCUT2D eigenvalue weighted by Crippen LogP contribution is 2.22. The molecule has 0 spiro atoms. The minimum Gasteiger partial charge on any atom is -0.353 e. The quantitative estimate of drug-likeness (QED) is 0.665. The molecule has 1 amide bonds. The van der Waals surface area contributed by atoms with Gasteiger partial charge in [0.05, 0.1) is 11.4 Å². The molecule has 5 nitrogen and oxygen atoms in total. The van der Waals surface area contributed by atoms with Gasteiger partial charge in [-0.2, -0.15) is 0 Å². The van der Waals surface area contributed by atoms with Crippen molar-refractivity contribution in [3.8, 4) is 5.69 Å². The lowest BCUT2D eigenvalue weighted by atomic mass is 10.0. The van der Waals surface area contributed by atoms with Gasteiger partial charge in [-0.3, -0.25) is 9.36 Å². The van der Waals surface area contributed by atoms with Crippen LogP contribution in [0.25, 0.3) is 5.69 Å². The first-order chi connectivity index (χ1) is 12.4. The molecular weight excluding hydrogens is 344 g/mol. The van der Waals surface area contributed by atoms with Crippen LogP contribution in [0.15, 0.2) is 29.7 Å². The highest BCUT2D eigenvalue weighted by atomic mass is 32.2. The molecule has 0 saturated carbocycles. The summed E-state index contributed by atoms with van der Waals surface area (Å²) < 4.78 is 1.94. The van der Waals surface area contributed by atoms with Crippen LogP contribution in [0.2, 0.25) is 0 Å². The number of nitrogens with zero attached hydrogens (tertiary/aromatic N) is 3. The molecule has 0 saturated heterocycles. The summed E-state index contributed by atoms with van der Waals surface area (Å²) in [5, 5.41) is 12.0. The number of amides is 1. The first-order valence-corrected chi connectivity index (χ1v) is 10.2. The van der Waals surface area contributed by atoms with Crippen LogP contribution in [0, 0.1) is 19.8 Å². The molecule has 1 aromatic heterocycles. The van der Waals surface area contributed by atoms with Crippen molar-refractivity contribution in [3.63, 3.8) is 0 Å². The maximum Gasteiger partial charge on any atom is 0.230 e. The van der Waals surface area contributed by atoms with Crippen LogP contribution in [0.5, 0.6) is 0 Å². The van der Waals surface area contributed by atoms with Crippen LogP contribution in [0.3, 0.4) is 0 Å². The Morgan fingerprint density at radius 1 is 1.23 bits per heavy atom. The zero-order valence-electron chi connectivity index (χ0n) is 16.5. The molecule has 0 bridgehead atoms. The Bertz CT molecular complexity index is 726. The molecule has 0 aliphatic rings. The summed E-state index contributed by atoms with van der Waals surface area (Å²) in [5.74, 6) is 1.10. The van der Waals surface area contributed by atoms with Crippen molar-refractivity contribution in [1.82, 2.24) is 20.1 Å². The van der Waals surface area contributed by atoms with Crippen LogP contribution in [-0.4, -0.2) is 32.5 Å². The fourth-order valence-corrected chi connectivity index (χ4v) is 3.65. The Labute approximate surface area is 161 Å². The van der Waals surface area contributed by atoms with Gasteiger partial charge in [0.2, 0.25) is 5.91 Å². The van der Waals surface area contributed by atoms with Crippen LogP contribution in [0.4, 0.5) is 0 Å². The molecular formula is C20H30N4OS. The number of benzene rings is 1. The molecule has 26 heavy (non-hydrogen) atoms. The molecule has 0 aliphatic carbocycles. The largest absolute Gasteiger partial charge is 0.353 e. The lowest BCUT2D eigenvalue weighted by molar-refractivity contribution is -0.119. The molecule has 142 valence electrons. The van der Waals surface area contributed by atoms with Crippen molar-refractivity contribution in [2.45, 2.75) is 65.1 Å². The van der Waals surface area contributed by atoms with E-state index in [0.717, 1.165) is 29.2 Å². The Hall–Kier alpha value is -1.82. The molecule has 1 heterocycles. The maximum atomic E-state index is 12.2. The second-order valence-electron chi connectivity index (χ2n) is 7.36. The molecule has 2 rings (SSSR count). The van der Waals surface area contributed by atoms with E-state index in [9.17, 15) is 4.79 Å². The van der Waals surface area contributed by atoms with Crippen molar-refractivity contribution in [3.05, 3.63) is 35.7 Å². The molecule has 0 fully saturated rings. The van der Waals surface area contributed by atoms with Gasteiger partial charge >= 0.3 is 0 Å². The van der Waals surface area contributed by atoms with E-state index in [4.69, 9.17) is 0 Å². The SMILES string of the molecule is Cc1ccc(-n2cnnc2SCC(=O)NC(C)CCCC(C)C)c(C)c1. The number of carbonyl (C=O) groups is 1. The number of aromatic nitrogens is 3. The fraction of sp³-hybridized carbons (Fsp3) is 0.550. The molecule has 1 unspecified atom stereocenters. The topological polar surface area (TPSA) is 59.8 Å². The van der Waals surface area contributed by atoms with Crippen LogP contribution in [0.1, 0.15) is 51.2 Å². The van der Waals surface area contributed by atoms with Gasteiger partial charge in [-0.15, -0.1) is 10.2 Å². The average Bonchev–Trinajstić information content (AvgIpc) is 3.00. The smallest absolute Gasteiger partial charge is 0.230 e. The molecule has 1 aromatic carbocycles. The Morgan fingerprint density at radius 3 is 2.69 bits per heavy atom. The van der Waals surface area contributed by atoms with Crippen LogP contribution in [-0.2, 0) is 4.79 Å². The van der Waals surface area contributed by atoms with Gasteiger partial charge in [0.1, 0.15) is 6.33 Å². The van der Waals surface area contributed by atoms with E-state index in [0.29, 0.717) is 11.7 Å². The highest BCUT2D eigenvalue weighted by Gasteiger charge is 2.13. The second kappa shape index (κ2) is 9.76. The summed E-state index contributed by atoms with van der Waals surface area (Å²) in [6.45, 7) is 10.7. The van der Waals surface area contributed by atoms with Gasteiger partial charge in [-0.25, -0.2) is 0 Å². The predicted octanol–water partition coefficient (Wildman–Crippen LogP) is 4.31. The summed E-state index contributed by atoms with van der Waals surface area (Å²) in [5.41, 5.74) is 3.43. The van der Waals surface area contributed by atoms with Gasteiger partial charge < -0.3 is 5.32 Å². The van der Waals surface area contributed by atoms with E-state index in [1.165, 1.54) is 23.7 Å². The van der Waals surface area contributed by atoms with Crippen molar-refractivity contribution in [2.75, 3.05) is 5.75 Å². The van der Waals surface area contributed by atoms with Crippen LogP contribution < -0.4 is 5.32 Å². The molecule has 0 radical (unpaired) electrons. The second-order valence-corrected chi connectivity index (χ2v) is 8.30. The standard InChI is InChI=1S/C20H30N4OS/c1-14(2)7-6-8-17(5)22-19(25)12-26-20-23-21-13-24(20)18-10-9-15(3)11-16(18)4/h9-11,13-14,17H,6-8,12H2,1-5H3,(H,22,25). The number of hydrogen-bond donors (Lipinski definition) is 1. The number of nitrogens with one attached hydrogen (secondary N) is 1. The van der Waals surface area contributed by atoms with Crippen LogP contribution >= 0.6 is 11.8 Å². The number of rotatable bonds is 9. The van der Waals surface area contributed by atoms with E-state index < -0.39 is 0 Å². The minimum absolute atomic E-state index is 0.0437. The molecule has 0 aliphatic heterocycles. The summed E-state index contributed by atoms with van der Waals surface area (Å²) >= 11 is 1.42. The Morgan fingerprint density at radius 2 is 2.00 bits per heavy atom. The van der Waals surface area contributed by atoms with Gasteiger partial charge in [-0.05, 0) is 44.7 Å². The van der Waals surface area contributed by atoms with Gasteiger partial charge in [-0.1, -0.05) is 56.1 Å². The van der Waals surface area contributed by atoms with Gasteiger partial charge in [0.15, 0.2) is 5.16 Å². The lowest BCUT2D eigenvalue weighted by Gasteiger charge is -2.14. The summed E-state index contributed by atoms with van der Waals surface area (Å²) in [7, 11) is 0. The van der Waals surface area contributed by atoms with Crippen molar-refractivity contribution >= 4 is 17.7 Å². The summed E-state index contributed by atoms with van der Waals surface area (Å²) in [4.78, 5) is 12.2. The monoisotopic (exact) mass is 374 g/mol. The number of carbonyl (C=O) groups excluding carboxylic acids is 1. The van der Waals surface area contributed by atoms with E-state index in [1.807, 2.05) is 4.57 Å². The predicted molar refractivity (Wildman–Crippen MR) is 108 cm³/mol. The Kier molecular flexibility index (Phi) is 7.69. The van der Waals surface area contributed by atoms with E-state index in [2.05, 4.69) is 68.3 Å². The Balaban J connectivity index is 1.88. The zero-order chi connectivity index (χ0) is 19.1. The summed E-state index contributed by atoms with van der Waals surface area (Å²) in [6.07, 6.45) is 5.07. The maximum absolute atomic E-state index is 12.2.